The molecule has 0 radical (unpaired) electrons. The Morgan fingerprint density at radius 3 is 2.79 bits per heavy atom. The van der Waals surface area contributed by atoms with Gasteiger partial charge in [-0.1, -0.05) is 6.92 Å². The number of nitriles is 1. The van der Waals surface area contributed by atoms with Gasteiger partial charge in [0.15, 0.2) is 0 Å². The lowest BCUT2D eigenvalue weighted by Crippen LogP contribution is -2.44. The minimum Gasteiger partial charge on any atom is -0.494 e. The number of ether oxygens (including phenoxy) is 1. The first-order valence-electron chi connectivity index (χ1n) is 9.88. The Kier molecular flexibility index (Phi) is 7.07. The summed E-state index contributed by atoms with van der Waals surface area (Å²) < 4.78 is 5.49. The van der Waals surface area contributed by atoms with Gasteiger partial charge in [0.05, 0.1) is 25.6 Å². The minimum atomic E-state index is 0.0385. The van der Waals surface area contributed by atoms with Crippen LogP contribution in [0, 0.1) is 11.3 Å². The van der Waals surface area contributed by atoms with Crippen molar-refractivity contribution in [3.05, 3.63) is 46.2 Å². The van der Waals surface area contributed by atoms with Crippen molar-refractivity contribution in [3.8, 4) is 11.8 Å². The Labute approximate surface area is 171 Å². The normalized spacial score (nSPS) is 16.2. The summed E-state index contributed by atoms with van der Waals surface area (Å²) in [4.78, 5) is 18.6. The number of rotatable bonds is 8. The predicted octanol–water partition coefficient (Wildman–Crippen LogP) is 4.40. The van der Waals surface area contributed by atoms with Gasteiger partial charge in [0.1, 0.15) is 5.75 Å². The maximum Gasteiger partial charge on any atom is 0.241 e. The fourth-order valence-corrected chi connectivity index (χ4v) is 4.75. The molecular weight excluding hydrogens is 370 g/mol. The Bertz CT molecular complexity index is 825. The third-order valence-corrected chi connectivity index (χ3v) is 6.13. The van der Waals surface area contributed by atoms with E-state index in [0.29, 0.717) is 26.1 Å². The highest BCUT2D eigenvalue weighted by Crippen LogP contribution is 2.35. The van der Waals surface area contributed by atoms with Gasteiger partial charge in [0.2, 0.25) is 5.91 Å². The number of thiophene rings is 1. The number of hydrogen-bond acceptors (Lipinski definition) is 5. The van der Waals surface area contributed by atoms with E-state index in [1.807, 2.05) is 42.5 Å². The quantitative estimate of drug-likeness (QED) is 0.662. The van der Waals surface area contributed by atoms with E-state index in [4.69, 9.17) is 10.00 Å². The summed E-state index contributed by atoms with van der Waals surface area (Å²) in [7, 11) is 0. The van der Waals surface area contributed by atoms with Crippen LogP contribution in [0.3, 0.4) is 0 Å². The number of anilines is 1. The first-order chi connectivity index (χ1) is 13.7. The van der Waals surface area contributed by atoms with Crippen LogP contribution in [-0.2, 0) is 11.2 Å². The van der Waals surface area contributed by atoms with Crippen LogP contribution < -0.4 is 9.64 Å². The summed E-state index contributed by atoms with van der Waals surface area (Å²) >= 11 is 1.82. The van der Waals surface area contributed by atoms with Gasteiger partial charge in [-0.15, -0.1) is 11.3 Å². The fourth-order valence-electron chi connectivity index (χ4n) is 3.82. The number of amides is 1. The SMILES string of the molecule is CCOc1ccc(N(CCC#N)C(=O)CN2CCc3sccc3C2CC)cc1. The lowest BCUT2D eigenvalue weighted by molar-refractivity contribution is -0.120. The van der Waals surface area contributed by atoms with Gasteiger partial charge in [-0.25, -0.2) is 0 Å². The molecule has 0 saturated carbocycles. The van der Waals surface area contributed by atoms with E-state index in [1.165, 1.54) is 10.4 Å². The van der Waals surface area contributed by atoms with Crippen molar-refractivity contribution in [1.29, 1.82) is 5.26 Å². The fraction of sp³-hybridized carbons (Fsp3) is 0.455. The zero-order chi connectivity index (χ0) is 19.9. The second-order valence-corrected chi connectivity index (χ2v) is 7.82. The highest BCUT2D eigenvalue weighted by molar-refractivity contribution is 7.10. The summed E-state index contributed by atoms with van der Waals surface area (Å²) in [6, 6.07) is 12.2. The summed E-state index contributed by atoms with van der Waals surface area (Å²) in [5.74, 6) is 0.822. The predicted molar refractivity (Wildman–Crippen MR) is 113 cm³/mol. The molecule has 1 amide bonds. The third kappa shape index (κ3) is 4.54. The number of carbonyl (C=O) groups excluding carboxylic acids is 1. The molecule has 0 N–H and O–H groups in total. The maximum absolute atomic E-state index is 13.2. The topological polar surface area (TPSA) is 56.6 Å². The Balaban J connectivity index is 1.75. The smallest absolute Gasteiger partial charge is 0.241 e. The van der Waals surface area contributed by atoms with E-state index in [0.717, 1.165) is 30.8 Å². The van der Waals surface area contributed by atoms with E-state index in [-0.39, 0.29) is 11.9 Å². The van der Waals surface area contributed by atoms with E-state index in [1.54, 1.807) is 4.90 Å². The molecule has 1 unspecified atom stereocenters. The van der Waals surface area contributed by atoms with Gasteiger partial charge >= 0.3 is 0 Å². The molecule has 0 bridgehead atoms. The molecule has 6 heteroatoms. The van der Waals surface area contributed by atoms with Crippen molar-refractivity contribution >= 4 is 22.9 Å². The summed E-state index contributed by atoms with van der Waals surface area (Å²) in [6.45, 7) is 6.39. The average Bonchev–Trinajstić information content (AvgIpc) is 3.18. The molecular formula is C22H27N3O2S. The molecule has 0 fully saturated rings. The van der Waals surface area contributed by atoms with Gasteiger partial charge in [-0.3, -0.25) is 9.69 Å². The molecule has 148 valence electrons. The van der Waals surface area contributed by atoms with Crippen LogP contribution in [0.15, 0.2) is 35.7 Å². The molecule has 1 aromatic heterocycles. The lowest BCUT2D eigenvalue weighted by atomic mass is 9.98. The van der Waals surface area contributed by atoms with Gasteiger partial charge < -0.3 is 9.64 Å². The molecule has 1 aliphatic rings. The number of fused-ring (bicyclic) bond motifs is 1. The van der Waals surface area contributed by atoms with E-state index >= 15 is 0 Å². The molecule has 2 aromatic rings. The van der Waals surface area contributed by atoms with Crippen molar-refractivity contribution in [1.82, 2.24) is 4.90 Å². The van der Waals surface area contributed by atoms with E-state index in [2.05, 4.69) is 29.3 Å². The van der Waals surface area contributed by atoms with Crippen LogP contribution in [0.4, 0.5) is 5.69 Å². The Morgan fingerprint density at radius 1 is 1.32 bits per heavy atom. The summed E-state index contributed by atoms with van der Waals surface area (Å²) in [6.07, 6.45) is 2.29. The standard InChI is InChI=1S/C22H27N3O2S/c1-3-20-19-11-15-28-21(19)10-14-24(20)16-22(26)25(13-5-12-23)17-6-8-18(9-7-17)27-4-2/h6-9,11,15,20H,3-5,10,13-14,16H2,1-2H3. The van der Waals surface area contributed by atoms with Crippen LogP contribution in [0.5, 0.6) is 5.75 Å². The zero-order valence-electron chi connectivity index (χ0n) is 16.6. The minimum absolute atomic E-state index is 0.0385. The Morgan fingerprint density at radius 2 is 2.11 bits per heavy atom. The molecule has 2 heterocycles. The van der Waals surface area contributed by atoms with Crippen LogP contribution in [0.25, 0.3) is 0 Å². The first kappa shape index (κ1) is 20.4. The van der Waals surface area contributed by atoms with Gasteiger partial charge in [-0.05, 0) is 61.0 Å². The van der Waals surface area contributed by atoms with Gasteiger partial charge in [-0.2, -0.15) is 5.26 Å². The van der Waals surface area contributed by atoms with Gasteiger partial charge in [0.25, 0.3) is 0 Å². The molecule has 0 saturated heterocycles. The number of benzene rings is 1. The molecule has 1 atom stereocenters. The first-order valence-corrected chi connectivity index (χ1v) is 10.8. The molecule has 5 nitrogen and oxygen atoms in total. The molecule has 0 aliphatic carbocycles. The van der Waals surface area contributed by atoms with Crippen molar-refractivity contribution < 1.29 is 9.53 Å². The Hall–Kier alpha value is -2.36. The zero-order valence-corrected chi connectivity index (χ0v) is 17.4. The second kappa shape index (κ2) is 9.72. The van der Waals surface area contributed by atoms with Crippen LogP contribution in [-0.4, -0.2) is 37.0 Å². The van der Waals surface area contributed by atoms with Crippen molar-refractivity contribution in [2.45, 2.75) is 39.2 Å². The summed E-state index contributed by atoms with van der Waals surface area (Å²) in [5, 5.41) is 11.2. The number of carbonyl (C=O) groups is 1. The monoisotopic (exact) mass is 397 g/mol. The highest BCUT2D eigenvalue weighted by Gasteiger charge is 2.29. The largest absolute Gasteiger partial charge is 0.494 e. The molecule has 0 spiro atoms. The van der Waals surface area contributed by atoms with Crippen LogP contribution in [0.1, 0.15) is 43.2 Å². The van der Waals surface area contributed by atoms with E-state index < -0.39 is 0 Å². The van der Waals surface area contributed by atoms with Crippen LogP contribution >= 0.6 is 11.3 Å². The molecule has 1 aliphatic heterocycles. The second-order valence-electron chi connectivity index (χ2n) is 6.82. The van der Waals surface area contributed by atoms with E-state index in [9.17, 15) is 4.79 Å². The van der Waals surface area contributed by atoms with Crippen LogP contribution in [0.2, 0.25) is 0 Å². The van der Waals surface area contributed by atoms with Crippen molar-refractivity contribution in [2.75, 3.05) is 31.1 Å². The lowest BCUT2D eigenvalue weighted by Gasteiger charge is -2.36. The molecule has 3 rings (SSSR count). The van der Waals surface area contributed by atoms with Crippen molar-refractivity contribution in [2.24, 2.45) is 0 Å². The highest BCUT2D eigenvalue weighted by atomic mass is 32.1. The molecule has 28 heavy (non-hydrogen) atoms. The summed E-state index contributed by atoms with van der Waals surface area (Å²) in [5.41, 5.74) is 2.18. The maximum atomic E-state index is 13.2. The average molecular weight is 398 g/mol. The number of nitrogens with zero attached hydrogens (tertiary/aromatic N) is 3. The third-order valence-electron chi connectivity index (χ3n) is 5.14. The van der Waals surface area contributed by atoms with Crippen molar-refractivity contribution in [3.63, 3.8) is 0 Å². The molecule has 1 aromatic carbocycles. The van der Waals surface area contributed by atoms with Gasteiger partial charge in [0, 0.05) is 29.7 Å². The number of hydrogen-bond donors (Lipinski definition) is 0.